The normalized spacial score (nSPS) is 33.7. The van der Waals surface area contributed by atoms with Gasteiger partial charge in [-0.05, 0) is 46.0 Å². The molecule has 5 heteroatoms. The maximum Gasteiger partial charge on any atom is 0.407 e. The molecule has 106 valence electrons. The second kappa shape index (κ2) is 4.92. The van der Waals surface area contributed by atoms with Crippen LogP contribution in [0.3, 0.4) is 0 Å². The lowest BCUT2D eigenvalue weighted by molar-refractivity contribution is 0.0422. The molecule has 0 aromatic heterocycles. The lowest BCUT2D eigenvalue weighted by Gasteiger charge is -2.40. The Balaban J connectivity index is 2.01. The summed E-state index contributed by atoms with van der Waals surface area (Å²) in [4.78, 5) is 13.7. The predicted octanol–water partition coefficient (Wildman–Crippen LogP) is 2.23. The van der Waals surface area contributed by atoms with Gasteiger partial charge in [0.15, 0.2) is 6.19 Å². The van der Waals surface area contributed by atoms with Gasteiger partial charge in [-0.1, -0.05) is 6.92 Å². The number of carbonyl (C=O) groups excluding carboxylic acids is 1. The highest BCUT2D eigenvalue weighted by Crippen LogP contribution is 2.38. The number of nitrogens with zero attached hydrogens (tertiary/aromatic N) is 2. The fraction of sp³-hybridized carbons (Fsp3) is 0.857. The van der Waals surface area contributed by atoms with Gasteiger partial charge < -0.3 is 15.0 Å². The third kappa shape index (κ3) is 2.94. The van der Waals surface area contributed by atoms with Crippen LogP contribution >= 0.6 is 0 Å². The van der Waals surface area contributed by atoms with E-state index in [9.17, 15) is 10.1 Å². The van der Waals surface area contributed by atoms with Crippen LogP contribution in [-0.2, 0) is 4.74 Å². The summed E-state index contributed by atoms with van der Waals surface area (Å²) in [6, 6.07) is 0.508. The predicted molar refractivity (Wildman–Crippen MR) is 71.2 cm³/mol. The molecule has 2 aliphatic rings. The van der Waals surface area contributed by atoms with Crippen molar-refractivity contribution in [2.75, 3.05) is 0 Å². The molecular weight excluding hydrogens is 242 g/mol. The van der Waals surface area contributed by atoms with Gasteiger partial charge in [0.2, 0.25) is 0 Å². The van der Waals surface area contributed by atoms with E-state index in [2.05, 4.69) is 18.4 Å². The standard InChI is InChI=1S/C14H23N3O2/c1-9-7-10(16-13(18)19-14(2,3)4)12-6-5-11(9)17(12)8-15/h9-12H,5-7H2,1-4H3,(H,16,18)/t9-,10-,11+,12-/m1/s1. The first-order chi connectivity index (χ1) is 8.81. The van der Waals surface area contributed by atoms with E-state index in [1.54, 1.807) is 0 Å². The first kappa shape index (κ1) is 14.0. The van der Waals surface area contributed by atoms with Crippen LogP contribution in [0.2, 0.25) is 0 Å². The molecule has 1 N–H and O–H groups in total. The van der Waals surface area contributed by atoms with Gasteiger partial charge in [0, 0.05) is 6.04 Å². The van der Waals surface area contributed by atoms with E-state index in [1.165, 1.54) is 0 Å². The third-order valence-electron chi connectivity index (χ3n) is 4.04. The Hall–Kier alpha value is -1.44. The van der Waals surface area contributed by atoms with Crippen molar-refractivity contribution >= 4 is 6.09 Å². The molecule has 0 aliphatic carbocycles. The summed E-state index contributed by atoms with van der Waals surface area (Å²) in [5, 5.41) is 12.2. The summed E-state index contributed by atoms with van der Waals surface area (Å²) in [6.07, 6.45) is 4.85. The number of alkyl carbamates (subject to hydrolysis) is 1. The number of hydrogen-bond acceptors (Lipinski definition) is 4. The number of amides is 1. The van der Waals surface area contributed by atoms with Crippen molar-refractivity contribution in [3.8, 4) is 6.19 Å². The number of fused-ring (bicyclic) bond motifs is 2. The van der Waals surface area contributed by atoms with Crippen molar-refractivity contribution in [1.29, 1.82) is 5.26 Å². The molecule has 4 atom stereocenters. The largest absolute Gasteiger partial charge is 0.444 e. The van der Waals surface area contributed by atoms with E-state index in [-0.39, 0.29) is 18.2 Å². The van der Waals surface area contributed by atoms with Gasteiger partial charge in [-0.3, -0.25) is 0 Å². The van der Waals surface area contributed by atoms with Crippen LogP contribution in [0.15, 0.2) is 0 Å². The molecule has 0 spiro atoms. The Bertz CT molecular complexity index is 396. The lowest BCUT2D eigenvalue weighted by atomic mass is 9.89. The highest BCUT2D eigenvalue weighted by atomic mass is 16.6. The molecule has 2 aliphatic heterocycles. The molecule has 0 saturated carbocycles. The van der Waals surface area contributed by atoms with Gasteiger partial charge in [0.05, 0.1) is 12.1 Å². The third-order valence-corrected chi connectivity index (χ3v) is 4.04. The summed E-state index contributed by atoms with van der Waals surface area (Å²) < 4.78 is 5.30. The van der Waals surface area contributed by atoms with Crippen LogP contribution in [-0.4, -0.2) is 34.7 Å². The molecule has 2 saturated heterocycles. The van der Waals surface area contributed by atoms with Crippen LogP contribution in [0.25, 0.3) is 0 Å². The van der Waals surface area contributed by atoms with Gasteiger partial charge in [-0.25, -0.2) is 4.79 Å². The highest BCUT2D eigenvalue weighted by Gasteiger charge is 2.46. The van der Waals surface area contributed by atoms with E-state index in [0.717, 1.165) is 19.3 Å². The molecular formula is C14H23N3O2. The molecule has 2 fully saturated rings. The average molecular weight is 265 g/mol. The van der Waals surface area contributed by atoms with Crippen molar-refractivity contribution in [3.63, 3.8) is 0 Å². The minimum absolute atomic E-state index is 0.0169. The topological polar surface area (TPSA) is 65.4 Å². The summed E-state index contributed by atoms with van der Waals surface area (Å²) in [7, 11) is 0. The highest BCUT2D eigenvalue weighted by molar-refractivity contribution is 5.68. The van der Waals surface area contributed by atoms with E-state index in [4.69, 9.17) is 4.74 Å². The van der Waals surface area contributed by atoms with Crippen molar-refractivity contribution < 1.29 is 9.53 Å². The van der Waals surface area contributed by atoms with Crippen LogP contribution < -0.4 is 5.32 Å². The second-order valence-electron chi connectivity index (χ2n) is 6.69. The summed E-state index contributed by atoms with van der Waals surface area (Å²) in [6.45, 7) is 7.70. The number of hydrogen-bond donors (Lipinski definition) is 1. The Morgan fingerprint density at radius 2 is 2.00 bits per heavy atom. The zero-order valence-corrected chi connectivity index (χ0v) is 12.1. The molecule has 0 aromatic rings. The molecule has 2 heterocycles. The number of carbonyl (C=O) groups is 1. The molecule has 19 heavy (non-hydrogen) atoms. The number of ether oxygens (including phenoxy) is 1. The molecule has 0 aromatic carbocycles. The molecule has 2 bridgehead atoms. The minimum Gasteiger partial charge on any atom is -0.444 e. The smallest absolute Gasteiger partial charge is 0.407 e. The summed E-state index contributed by atoms with van der Waals surface area (Å²) in [5.74, 6) is 0.429. The van der Waals surface area contributed by atoms with E-state index >= 15 is 0 Å². The maximum absolute atomic E-state index is 11.9. The first-order valence-electron chi connectivity index (χ1n) is 6.99. The van der Waals surface area contributed by atoms with Crippen molar-refractivity contribution in [2.24, 2.45) is 5.92 Å². The van der Waals surface area contributed by atoms with Gasteiger partial charge in [-0.15, -0.1) is 0 Å². The van der Waals surface area contributed by atoms with Crippen molar-refractivity contribution in [1.82, 2.24) is 10.2 Å². The van der Waals surface area contributed by atoms with Crippen LogP contribution in [0.5, 0.6) is 0 Å². The average Bonchev–Trinajstić information content (AvgIpc) is 2.61. The Labute approximate surface area is 114 Å². The Kier molecular flexibility index (Phi) is 3.62. The molecule has 0 unspecified atom stereocenters. The first-order valence-corrected chi connectivity index (χ1v) is 6.99. The van der Waals surface area contributed by atoms with E-state index in [0.29, 0.717) is 12.0 Å². The summed E-state index contributed by atoms with van der Waals surface area (Å²) >= 11 is 0. The SMILES string of the molecule is C[C@@H]1C[C@@H](NC(=O)OC(C)(C)C)[C@H]2CC[C@@H]1N2C#N. The Morgan fingerprint density at radius 1 is 1.37 bits per heavy atom. The zero-order chi connectivity index (χ0) is 14.2. The fourth-order valence-electron chi connectivity index (χ4n) is 3.30. The fourth-order valence-corrected chi connectivity index (χ4v) is 3.30. The number of nitrogens with one attached hydrogen (secondary N) is 1. The van der Waals surface area contributed by atoms with Gasteiger partial charge in [-0.2, -0.15) is 5.26 Å². The molecule has 2 rings (SSSR count). The number of nitriles is 1. The number of rotatable bonds is 1. The molecule has 1 amide bonds. The van der Waals surface area contributed by atoms with Crippen molar-refractivity contribution in [3.05, 3.63) is 0 Å². The van der Waals surface area contributed by atoms with E-state index in [1.807, 2.05) is 25.7 Å². The summed E-state index contributed by atoms with van der Waals surface area (Å²) in [5.41, 5.74) is -0.489. The van der Waals surface area contributed by atoms with E-state index < -0.39 is 5.60 Å². The molecule has 0 radical (unpaired) electrons. The van der Waals surface area contributed by atoms with Crippen LogP contribution in [0, 0.1) is 17.4 Å². The van der Waals surface area contributed by atoms with Crippen LogP contribution in [0.4, 0.5) is 4.79 Å². The van der Waals surface area contributed by atoms with Gasteiger partial charge in [0.25, 0.3) is 0 Å². The van der Waals surface area contributed by atoms with Crippen LogP contribution in [0.1, 0.15) is 47.0 Å². The van der Waals surface area contributed by atoms with Crippen molar-refractivity contribution in [2.45, 2.75) is 70.7 Å². The van der Waals surface area contributed by atoms with Gasteiger partial charge in [0.1, 0.15) is 5.60 Å². The monoisotopic (exact) mass is 265 g/mol. The lowest BCUT2D eigenvalue weighted by Crippen LogP contribution is -2.55. The molecule has 5 nitrogen and oxygen atoms in total. The number of piperidine rings is 1. The second-order valence-corrected chi connectivity index (χ2v) is 6.69. The Morgan fingerprint density at radius 3 is 2.58 bits per heavy atom. The maximum atomic E-state index is 11.9. The van der Waals surface area contributed by atoms with Gasteiger partial charge >= 0.3 is 6.09 Å². The quantitative estimate of drug-likeness (QED) is 0.738. The minimum atomic E-state index is -0.489. The zero-order valence-electron chi connectivity index (χ0n) is 12.1.